The van der Waals surface area contributed by atoms with E-state index >= 15 is 0 Å². The highest BCUT2D eigenvalue weighted by Crippen LogP contribution is 2.31. The van der Waals surface area contributed by atoms with E-state index in [0.717, 1.165) is 11.1 Å². The first kappa shape index (κ1) is 51.6. The van der Waals surface area contributed by atoms with Crippen molar-refractivity contribution in [3.8, 4) is 11.5 Å². The van der Waals surface area contributed by atoms with Crippen molar-refractivity contribution in [1.82, 2.24) is 25.8 Å². The molecule has 0 aromatic heterocycles. The third kappa shape index (κ3) is 15.3. The molecule has 352 valence electrons. The van der Waals surface area contributed by atoms with Gasteiger partial charge in [-0.2, -0.15) is 0 Å². The molecule has 17 heteroatoms. The maximum absolute atomic E-state index is 14.5. The monoisotopic (exact) mass is 954 g/mol. The zero-order valence-corrected chi connectivity index (χ0v) is 39.2. The van der Waals surface area contributed by atoms with Gasteiger partial charge in [-0.25, -0.2) is 0 Å². The van der Waals surface area contributed by atoms with Crippen molar-refractivity contribution in [2.75, 3.05) is 31.6 Å². The average molecular weight is 956 g/mol. The molecular weight excluding hydrogens is 888 g/mol. The Morgan fingerprint density at radius 2 is 1.53 bits per heavy atom. The van der Waals surface area contributed by atoms with Crippen LogP contribution in [0.4, 0.5) is 0 Å². The molecule has 0 saturated carbocycles. The number of aryl methyl sites for hydroxylation is 1. The summed E-state index contributed by atoms with van der Waals surface area (Å²) in [5.74, 6) is -2.77. The third-order valence-electron chi connectivity index (χ3n) is 11.8. The number of nitrogens with one attached hydrogen (secondary N) is 3. The molecule has 6 unspecified atom stereocenters. The minimum atomic E-state index is -1.76. The maximum atomic E-state index is 14.5. The number of ketones is 1. The quantitative estimate of drug-likeness (QED) is 0.0679. The molecule has 2 aliphatic rings. The first-order valence-corrected chi connectivity index (χ1v) is 23.7. The lowest BCUT2D eigenvalue weighted by atomic mass is 9.91. The highest BCUT2D eigenvalue weighted by atomic mass is 79.9. The van der Waals surface area contributed by atoms with Crippen molar-refractivity contribution in [2.45, 2.75) is 135 Å². The molecule has 16 nitrogen and oxygen atoms in total. The summed E-state index contributed by atoms with van der Waals surface area (Å²) < 4.78 is 12.1. The number of hydrogen-bond acceptors (Lipinski definition) is 10. The van der Waals surface area contributed by atoms with Crippen LogP contribution in [0.25, 0.3) is 0 Å². The van der Waals surface area contributed by atoms with Gasteiger partial charge >= 0.3 is 0 Å². The number of aliphatic hydroxyl groups excluding tert-OH is 1. The van der Waals surface area contributed by atoms with Gasteiger partial charge in [0.2, 0.25) is 35.4 Å². The number of likely N-dealkylation sites (tertiary alicyclic amines) is 2. The zero-order valence-electron chi connectivity index (χ0n) is 37.7. The summed E-state index contributed by atoms with van der Waals surface area (Å²) in [6, 6.07) is 10.4. The number of Topliss-reactive ketones (excluding diaryl/α,β-unsaturated/α-hetero) is 1. The van der Waals surface area contributed by atoms with Crippen LogP contribution >= 0.6 is 15.9 Å². The van der Waals surface area contributed by atoms with Crippen molar-refractivity contribution in [3.63, 3.8) is 0 Å². The molecule has 0 aliphatic carbocycles. The molecule has 2 heterocycles. The van der Waals surface area contributed by atoms with E-state index in [0.29, 0.717) is 94.5 Å². The van der Waals surface area contributed by atoms with Crippen LogP contribution in [0.15, 0.2) is 48.5 Å². The van der Waals surface area contributed by atoms with E-state index in [1.54, 1.807) is 17.0 Å². The number of halogens is 1. The molecule has 0 spiro atoms. The van der Waals surface area contributed by atoms with Crippen LogP contribution < -0.4 is 31.2 Å². The Hall–Kier alpha value is -5.03. The maximum Gasteiger partial charge on any atom is 0.248 e. The summed E-state index contributed by atoms with van der Waals surface area (Å²) in [6.07, 6.45) is 1.80. The first-order valence-electron chi connectivity index (χ1n) is 22.6. The van der Waals surface area contributed by atoms with E-state index in [9.17, 15) is 38.7 Å². The number of carbonyl (C=O) groups excluding carboxylic acids is 7. The highest BCUT2D eigenvalue weighted by molar-refractivity contribution is 9.09. The number of ether oxygens (including phenoxy) is 2. The number of amides is 6. The topological polar surface area (TPSA) is 227 Å². The van der Waals surface area contributed by atoms with Gasteiger partial charge in [-0.15, -0.1) is 0 Å². The van der Waals surface area contributed by atoms with Crippen LogP contribution in [0, 0.1) is 11.8 Å². The molecule has 2 aromatic carbocycles. The van der Waals surface area contributed by atoms with Crippen molar-refractivity contribution in [3.05, 3.63) is 59.7 Å². The Kier molecular flexibility index (Phi) is 21.0. The number of nitrogens with two attached hydrogens (primary N) is 1. The molecule has 2 aliphatic heterocycles. The Morgan fingerprint density at radius 1 is 0.859 bits per heavy atom. The summed E-state index contributed by atoms with van der Waals surface area (Å²) in [7, 11) is 0. The van der Waals surface area contributed by atoms with Crippen molar-refractivity contribution >= 4 is 57.2 Å². The Balaban J connectivity index is 1.60. The summed E-state index contributed by atoms with van der Waals surface area (Å²) in [6.45, 7) is 8.88. The number of nitrogens with zero attached hydrogens (tertiary/aromatic N) is 2. The number of alkyl halides is 1. The molecule has 0 bridgehead atoms. The second-order valence-electron chi connectivity index (χ2n) is 17.0. The predicted octanol–water partition coefficient (Wildman–Crippen LogP) is 3.72. The van der Waals surface area contributed by atoms with E-state index in [2.05, 4.69) is 31.9 Å². The Morgan fingerprint density at radius 3 is 2.16 bits per heavy atom. The largest absolute Gasteiger partial charge is 0.489 e. The molecule has 2 aromatic rings. The van der Waals surface area contributed by atoms with Gasteiger partial charge in [-0.1, -0.05) is 73.1 Å². The fraction of sp³-hybridized carbons (Fsp3) is 0.596. The van der Waals surface area contributed by atoms with Crippen LogP contribution in [-0.2, 0) is 46.6 Å². The van der Waals surface area contributed by atoms with E-state index in [1.165, 1.54) is 11.8 Å². The SMILES string of the molecule is CCC(C(=O)N1CCCC1C(=O)NC(CCc1ccc(OCc2ccccc2)c(OCCBr)c1)C(=O)NC(C(=O)N1CCCC1C(=O)NCCCCC(C)=O)C(O)CC(N)=O)C(C)C. The van der Waals surface area contributed by atoms with Crippen molar-refractivity contribution in [2.24, 2.45) is 17.6 Å². The lowest BCUT2D eigenvalue weighted by Gasteiger charge is -2.32. The number of hydrogen-bond donors (Lipinski definition) is 5. The lowest BCUT2D eigenvalue weighted by Crippen LogP contribution is -2.61. The smallest absolute Gasteiger partial charge is 0.248 e. The number of primary amides is 1. The molecule has 6 atom stereocenters. The average Bonchev–Trinajstić information content (AvgIpc) is 3.97. The normalized spacial score (nSPS) is 17.9. The van der Waals surface area contributed by atoms with E-state index in [1.807, 2.05) is 57.2 Å². The van der Waals surface area contributed by atoms with E-state index in [4.69, 9.17) is 15.2 Å². The molecule has 6 amide bonds. The van der Waals surface area contributed by atoms with Gasteiger partial charge in [0, 0.05) is 37.3 Å². The van der Waals surface area contributed by atoms with Gasteiger partial charge in [-0.3, -0.25) is 28.8 Å². The minimum Gasteiger partial charge on any atom is -0.489 e. The second-order valence-corrected chi connectivity index (χ2v) is 17.8. The summed E-state index contributed by atoms with van der Waals surface area (Å²) in [4.78, 5) is 96.3. The second kappa shape index (κ2) is 26.1. The molecule has 6 N–H and O–H groups in total. The van der Waals surface area contributed by atoms with Gasteiger partial charge in [0.1, 0.15) is 36.6 Å². The van der Waals surface area contributed by atoms with Gasteiger partial charge in [0.25, 0.3) is 0 Å². The number of carbonyl (C=O) groups is 7. The van der Waals surface area contributed by atoms with Crippen molar-refractivity contribution in [1.29, 1.82) is 0 Å². The van der Waals surface area contributed by atoms with Crippen molar-refractivity contribution < 1.29 is 48.1 Å². The standard InChI is InChI=1S/C47H67BrN6O10/c1-5-34(30(2)3)46(61)53-24-12-17-37(53)45(60)51-35(20-18-32-19-21-39(40(27-32)63-26-22-48)64-29-33-14-7-6-8-15-33)43(58)52-42(38(56)28-41(49)57)47(62)54-25-11-16-36(54)44(59)50-23-10-9-13-31(4)55/h6-8,14-15,19,21,27,30,34-38,42,56H,5,9-13,16-18,20,22-26,28-29H2,1-4H3,(H2,49,57)(H,50,59)(H,51,60)(H,52,58). The highest BCUT2D eigenvalue weighted by Gasteiger charge is 2.42. The predicted molar refractivity (Wildman–Crippen MR) is 244 cm³/mol. The van der Waals surface area contributed by atoms with Crippen LogP contribution in [-0.4, -0.2) is 118 Å². The van der Waals surface area contributed by atoms with E-state index in [-0.39, 0.29) is 42.9 Å². The number of rotatable bonds is 26. The Labute approximate surface area is 385 Å². The molecular formula is C47H67BrN6O10. The minimum absolute atomic E-state index is 0.0229. The third-order valence-corrected chi connectivity index (χ3v) is 12.1. The van der Waals surface area contributed by atoms with Crippen LogP contribution in [0.5, 0.6) is 11.5 Å². The fourth-order valence-corrected chi connectivity index (χ4v) is 8.49. The summed E-state index contributed by atoms with van der Waals surface area (Å²) >= 11 is 3.40. The van der Waals surface area contributed by atoms with Crippen LogP contribution in [0.2, 0.25) is 0 Å². The molecule has 4 rings (SSSR count). The Bertz CT molecular complexity index is 1900. The van der Waals surface area contributed by atoms with Gasteiger partial charge in [-0.05, 0) is 93.9 Å². The number of unbranched alkanes of at least 4 members (excludes halogenated alkanes) is 1. The number of benzene rings is 2. The number of aliphatic hydroxyl groups is 1. The zero-order chi connectivity index (χ0) is 46.8. The van der Waals surface area contributed by atoms with Gasteiger partial charge in [0.05, 0.1) is 19.1 Å². The van der Waals surface area contributed by atoms with Crippen LogP contribution in [0.3, 0.4) is 0 Å². The summed E-state index contributed by atoms with van der Waals surface area (Å²) in [5, 5.41) is 20.2. The van der Waals surface area contributed by atoms with Crippen LogP contribution in [0.1, 0.15) is 103 Å². The molecule has 0 radical (unpaired) electrons. The lowest BCUT2D eigenvalue weighted by molar-refractivity contribution is -0.145. The fourth-order valence-electron chi connectivity index (χ4n) is 8.33. The summed E-state index contributed by atoms with van der Waals surface area (Å²) in [5.41, 5.74) is 7.17. The molecule has 2 saturated heterocycles. The molecule has 64 heavy (non-hydrogen) atoms. The van der Waals surface area contributed by atoms with Gasteiger partial charge in [0.15, 0.2) is 11.5 Å². The van der Waals surface area contributed by atoms with E-state index < -0.39 is 66.2 Å². The van der Waals surface area contributed by atoms with Gasteiger partial charge < -0.3 is 50.9 Å². The first-order chi connectivity index (χ1) is 30.6. The molecule has 2 fully saturated rings.